The SMILES string of the molecule is C#CCCCCOc1ccccc1OC. The van der Waals surface area contributed by atoms with E-state index in [0.29, 0.717) is 6.61 Å². The summed E-state index contributed by atoms with van der Waals surface area (Å²) in [5, 5.41) is 0. The number of hydrogen-bond acceptors (Lipinski definition) is 2. The Kier molecular flexibility index (Phi) is 5.18. The van der Waals surface area contributed by atoms with Crippen LogP contribution in [0.2, 0.25) is 0 Å². The minimum absolute atomic E-state index is 0.683. The second-order valence-electron chi connectivity index (χ2n) is 3.16. The first-order valence-corrected chi connectivity index (χ1v) is 5.07. The third-order valence-electron chi connectivity index (χ3n) is 2.04. The van der Waals surface area contributed by atoms with Gasteiger partial charge < -0.3 is 9.47 Å². The molecule has 0 amide bonds. The van der Waals surface area contributed by atoms with E-state index in [4.69, 9.17) is 15.9 Å². The van der Waals surface area contributed by atoms with E-state index in [1.165, 1.54) is 0 Å². The summed E-state index contributed by atoms with van der Waals surface area (Å²) in [4.78, 5) is 0. The Morgan fingerprint density at radius 1 is 1.20 bits per heavy atom. The van der Waals surface area contributed by atoms with Crippen molar-refractivity contribution in [3.8, 4) is 23.8 Å². The molecule has 0 saturated carbocycles. The van der Waals surface area contributed by atoms with Gasteiger partial charge in [0.2, 0.25) is 0 Å². The highest BCUT2D eigenvalue weighted by Gasteiger charge is 2.01. The van der Waals surface area contributed by atoms with Crippen LogP contribution in [0.4, 0.5) is 0 Å². The van der Waals surface area contributed by atoms with Gasteiger partial charge in [-0.25, -0.2) is 0 Å². The lowest BCUT2D eigenvalue weighted by Gasteiger charge is -2.09. The normalized spacial score (nSPS) is 9.33. The lowest BCUT2D eigenvalue weighted by atomic mass is 10.2. The molecule has 1 rings (SSSR count). The molecule has 0 heterocycles. The van der Waals surface area contributed by atoms with E-state index in [1.54, 1.807) is 7.11 Å². The Labute approximate surface area is 91.2 Å². The highest BCUT2D eigenvalue weighted by molar-refractivity contribution is 5.39. The van der Waals surface area contributed by atoms with Crippen molar-refractivity contribution in [3.63, 3.8) is 0 Å². The van der Waals surface area contributed by atoms with E-state index in [0.717, 1.165) is 30.8 Å². The third-order valence-corrected chi connectivity index (χ3v) is 2.04. The Hall–Kier alpha value is -1.62. The van der Waals surface area contributed by atoms with E-state index < -0.39 is 0 Å². The van der Waals surface area contributed by atoms with Crippen LogP contribution in [-0.4, -0.2) is 13.7 Å². The molecule has 0 aromatic heterocycles. The second kappa shape index (κ2) is 6.78. The van der Waals surface area contributed by atoms with Crippen molar-refractivity contribution in [2.75, 3.05) is 13.7 Å². The summed E-state index contributed by atoms with van der Waals surface area (Å²) in [5.74, 6) is 4.17. The number of terminal acetylenes is 1. The van der Waals surface area contributed by atoms with Crippen molar-refractivity contribution in [3.05, 3.63) is 24.3 Å². The molecule has 80 valence electrons. The molecule has 0 radical (unpaired) electrons. The van der Waals surface area contributed by atoms with Gasteiger partial charge in [0.1, 0.15) is 0 Å². The summed E-state index contributed by atoms with van der Waals surface area (Å²) in [7, 11) is 1.64. The van der Waals surface area contributed by atoms with Gasteiger partial charge in [-0.1, -0.05) is 12.1 Å². The van der Waals surface area contributed by atoms with Crippen LogP contribution in [0.3, 0.4) is 0 Å². The van der Waals surface area contributed by atoms with Gasteiger partial charge in [-0.05, 0) is 25.0 Å². The Morgan fingerprint density at radius 3 is 2.60 bits per heavy atom. The molecule has 0 N–H and O–H groups in total. The number of benzene rings is 1. The van der Waals surface area contributed by atoms with Crippen molar-refractivity contribution in [1.82, 2.24) is 0 Å². The zero-order valence-corrected chi connectivity index (χ0v) is 9.03. The highest BCUT2D eigenvalue weighted by Crippen LogP contribution is 2.25. The molecule has 0 spiro atoms. The van der Waals surface area contributed by atoms with Gasteiger partial charge >= 0.3 is 0 Å². The monoisotopic (exact) mass is 204 g/mol. The van der Waals surface area contributed by atoms with Gasteiger partial charge in [-0.2, -0.15) is 0 Å². The van der Waals surface area contributed by atoms with E-state index >= 15 is 0 Å². The topological polar surface area (TPSA) is 18.5 Å². The summed E-state index contributed by atoms with van der Waals surface area (Å²) < 4.78 is 10.7. The number of methoxy groups -OCH3 is 1. The van der Waals surface area contributed by atoms with Crippen molar-refractivity contribution in [2.45, 2.75) is 19.3 Å². The summed E-state index contributed by atoms with van der Waals surface area (Å²) in [6.07, 6.45) is 7.95. The molecule has 0 aliphatic heterocycles. The summed E-state index contributed by atoms with van der Waals surface area (Å²) in [6, 6.07) is 7.64. The number of para-hydroxylation sites is 2. The summed E-state index contributed by atoms with van der Waals surface area (Å²) in [6.45, 7) is 0.683. The van der Waals surface area contributed by atoms with Gasteiger partial charge in [0.05, 0.1) is 13.7 Å². The molecule has 1 aromatic carbocycles. The van der Waals surface area contributed by atoms with Crippen LogP contribution in [0.15, 0.2) is 24.3 Å². The molecular formula is C13H16O2. The molecule has 0 bridgehead atoms. The first-order valence-electron chi connectivity index (χ1n) is 5.07. The first kappa shape index (κ1) is 11.5. The van der Waals surface area contributed by atoms with Gasteiger partial charge in [0.15, 0.2) is 11.5 Å². The zero-order valence-electron chi connectivity index (χ0n) is 9.03. The van der Waals surface area contributed by atoms with Gasteiger partial charge in [-0.15, -0.1) is 12.3 Å². The predicted molar refractivity (Wildman–Crippen MR) is 61.2 cm³/mol. The smallest absolute Gasteiger partial charge is 0.161 e. The first-order chi connectivity index (χ1) is 7.38. The molecule has 0 aliphatic carbocycles. The minimum atomic E-state index is 0.683. The predicted octanol–water partition coefficient (Wildman–Crippen LogP) is 2.88. The van der Waals surface area contributed by atoms with E-state index in [-0.39, 0.29) is 0 Å². The lowest BCUT2D eigenvalue weighted by Crippen LogP contribution is -1.98. The van der Waals surface area contributed by atoms with Gasteiger partial charge in [0, 0.05) is 6.42 Å². The van der Waals surface area contributed by atoms with E-state index in [9.17, 15) is 0 Å². The molecule has 15 heavy (non-hydrogen) atoms. The molecule has 0 fully saturated rings. The van der Waals surface area contributed by atoms with Gasteiger partial charge in [-0.3, -0.25) is 0 Å². The number of ether oxygens (including phenoxy) is 2. The second-order valence-corrected chi connectivity index (χ2v) is 3.16. The van der Waals surface area contributed by atoms with Crippen molar-refractivity contribution < 1.29 is 9.47 Å². The lowest BCUT2D eigenvalue weighted by molar-refractivity contribution is 0.287. The maximum Gasteiger partial charge on any atom is 0.161 e. The maximum absolute atomic E-state index is 5.58. The van der Waals surface area contributed by atoms with Gasteiger partial charge in [0.25, 0.3) is 0 Å². The van der Waals surface area contributed by atoms with Crippen molar-refractivity contribution in [2.24, 2.45) is 0 Å². The maximum atomic E-state index is 5.58. The summed E-state index contributed by atoms with van der Waals surface area (Å²) >= 11 is 0. The van der Waals surface area contributed by atoms with Crippen molar-refractivity contribution in [1.29, 1.82) is 0 Å². The zero-order chi connectivity index (χ0) is 10.9. The largest absolute Gasteiger partial charge is 0.493 e. The van der Waals surface area contributed by atoms with Crippen LogP contribution in [0.25, 0.3) is 0 Å². The van der Waals surface area contributed by atoms with Crippen LogP contribution >= 0.6 is 0 Å². The van der Waals surface area contributed by atoms with Crippen LogP contribution in [0, 0.1) is 12.3 Å². The fourth-order valence-electron chi connectivity index (χ4n) is 1.25. The van der Waals surface area contributed by atoms with Crippen molar-refractivity contribution >= 4 is 0 Å². The quantitative estimate of drug-likeness (QED) is 0.524. The Balaban J connectivity index is 2.34. The fraction of sp³-hybridized carbons (Fsp3) is 0.385. The van der Waals surface area contributed by atoms with Crippen LogP contribution in [0.1, 0.15) is 19.3 Å². The minimum Gasteiger partial charge on any atom is -0.493 e. The van der Waals surface area contributed by atoms with E-state index in [1.807, 2.05) is 24.3 Å². The molecule has 2 nitrogen and oxygen atoms in total. The molecule has 0 aliphatic rings. The molecular weight excluding hydrogens is 188 g/mol. The number of hydrogen-bond donors (Lipinski definition) is 0. The standard InChI is InChI=1S/C13H16O2/c1-3-4-5-8-11-15-13-10-7-6-9-12(13)14-2/h1,6-7,9-10H,4-5,8,11H2,2H3. The average Bonchev–Trinajstić information content (AvgIpc) is 2.29. The number of rotatable bonds is 6. The summed E-state index contributed by atoms with van der Waals surface area (Å²) in [5.41, 5.74) is 0. The molecule has 0 atom stereocenters. The Morgan fingerprint density at radius 2 is 1.93 bits per heavy atom. The number of unbranched alkanes of at least 4 members (excludes halogenated alkanes) is 2. The van der Waals surface area contributed by atoms with Crippen LogP contribution in [-0.2, 0) is 0 Å². The van der Waals surface area contributed by atoms with Crippen LogP contribution < -0.4 is 9.47 Å². The highest BCUT2D eigenvalue weighted by atomic mass is 16.5. The molecule has 1 aromatic rings. The average molecular weight is 204 g/mol. The fourth-order valence-corrected chi connectivity index (χ4v) is 1.25. The Bertz CT molecular complexity index is 326. The molecule has 0 saturated heterocycles. The van der Waals surface area contributed by atoms with Crippen LogP contribution in [0.5, 0.6) is 11.5 Å². The van der Waals surface area contributed by atoms with E-state index in [2.05, 4.69) is 5.92 Å². The molecule has 0 unspecified atom stereocenters. The molecule has 2 heteroatoms. The third kappa shape index (κ3) is 3.95.